The number of anilines is 3. The summed E-state index contributed by atoms with van der Waals surface area (Å²) in [5.41, 5.74) is 4.60. The Morgan fingerprint density at radius 1 is 0.931 bits per heavy atom. The summed E-state index contributed by atoms with van der Waals surface area (Å²) in [4.78, 5) is 21.1. The number of carbonyl (C=O) groups excluding carboxylic acids is 1. The molecule has 0 spiro atoms. The van der Waals surface area contributed by atoms with Crippen LogP contribution in [0.4, 0.5) is 17.3 Å². The predicted molar refractivity (Wildman–Crippen MR) is 119 cm³/mol. The molecule has 0 saturated carbocycles. The minimum atomic E-state index is -0.223. The summed E-state index contributed by atoms with van der Waals surface area (Å²) in [7, 11) is 0. The van der Waals surface area contributed by atoms with Gasteiger partial charge in [-0.05, 0) is 40.7 Å². The van der Waals surface area contributed by atoms with Gasteiger partial charge in [0.15, 0.2) is 0 Å². The predicted octanol–water partition coefficient (Wildman–Crippen LogP) is 5.89. The Morgan fingerprint density at radius 3 is 2.14 bits per heavy atom. The first-order chi connectivity index (χ1) is 13.7. The fourth-order valence-electron chi connectivity index (χ4n) is 3.00. The van der Waals surface area contributed by atoms with Crippen LogP contribution in [0.3, 0.4) is 0 Å². The Bertz CT molecular complexity index is 971. The van der Waals surface area contributed by atoms with Crippen molar-refractivity contribution in [3.05, 3.63) is 77.6 Å². The maximum Gasteiger partial charge on any atom is 0.258 e. The topological polar surface area (TPSA) is 66.9 Å². The number of para-hydroxylation sites is 1. The molecule has 2 N–H and O–H groups in total. The number of nitrogens with zero attached hydrogens (tertiary/aromatic N) is 2. The molecule has 0 atom stereocenters. The lowest BCUT2D eigenvalue weighted by molar-refractivity contribution is 0.102. The van der Waals surface area contributed by atoms with Gasteiger partial charge in [-0.3, -0.25) is 4.79 Å². The minimum absolute atomic E-state index is 0.109. The molecule has 5 nitrogen and oxygen atoms in total. The molecule has 0 aliphatic rings. The first-order valence-corrected chi connectivity index (χ1v) is 9.84. The molecule has 1 amide bonds. The molecule has 0 aliphatic heterocycles. The van der Waals surface area contributed by atoms with Gasteiger partial charge in [-0.2, -0.15) is 0 Å². The van der Waals surface area contributed by atoms with Crippen LogP contribution in [0.25, 0.3) is 0 Å². The highest BCUT2D eigenvalue weighted by Gasteiger charge is 2.14. The van der Waals surface area contributed by atoms with E-state index in [2.05, 4.69) is 67.4 Å². The van der Waals surface area contributed by atoms with Crippen LogP contribution < -0.4 is 10.6 Å². The molecular weight excluding hydrogens is 360 g/mol. The van der Waals surface area contributed by atoms with Crippen LogP contribution in [0, 0.1) is 0 Å². The van der Waals surface area contributed by atoms with E-state index >= 15 is 0 Å². The van der Waals surface area contributed by atoms with Crippen LogP contribution in [0.5, 0.6) is 0 Å². The number of amides is 1. The quantitative estimate of drug-likeness (QED) is 0.571. The van der Waals surface area contributed by atoms with Crippen molar-refractivity contribution in [2.75, 3.05) is 10.6 Å². The number of carbonyl (C=O) groups is 1. The highest BCUT2D eigenvalue weighted by molar-refractivity contribution is 6.04. The smallest absolute Gasteiger partial charge is 0.258 e. The standard InChI is InChI=1S/C24H28N4O/c1-16(2)20-8-6-7-9-21(20)28-22(29)17-14-25-23(26-15-17)27-19-12-10-18(11-13-19)24(3,4)5/h6-16H,1-5H3,(H,28,29)(H,25,26,27). The number of aromatic nitrogens is 2. The second-order valence-electron chi connectivity index (χ2n) is 8.44. The molecule has 0 aliphatic carbocycles. The van der Waals surface area contributed by atoms with Crippen molar-refractivity contribution < 1.29 is 4.79 Å². The Labute approximate surface area is 172 Å². The fraction of sp³-hybridized carbons (Fsp3) is 0.292. The summed E-state index contributed by atoms with van der Waals surface area (Å²) in [5, 5.41) is 6.13. The molecule has 29 heavy (non-hydrogen) atoms. The van der Waals surface area contributed by atoms with E-state index in [0.717, 1.165) is 16.9 Å². The van der Waals surface area contributed by atoms with E-state index in [1.807, 2.05) is 36.4 Å². The maximum absolute atomic E-state index is 12.6. The first-order valence-electron chi connectivity index (χ1n) is 9.84. The minimum Gasteiger partial charge on any atom is -0.324 e. The monoisotopic (exact) mass is 388 g/mol. The van der Waals surface area contributed by atoms with Gasteiger partial charge in [0.25, 0.3) is 5.91 Å². The van der Waals surface area contributed by atoms with Crippen LogP contribution in [0.2, 0.25) is 0 Å². The molecule has 0 unspecified atom stereocenters. The number of rotatable bonds is 5. The van der Waals surface area contributed by atoms with Crippen molar-refractivity contribution in [3.63, 3.8) is 0 Å². The molecular formula is C24H28N4O. The molecule has 0 radical (unpaired) electrons. The van der Waals surface area contributed by atoms with Crippen molar-refractivity contribution >= 4 is 23.2 Å². The van der Waals surface area contributed by atoms with Crippen molar-refractivity contribution in [2.45, 2.75) is 46.0 Å². The van der Waals surface area contributed by atoms with Gasteiger partial charge in [-0.15, -0.1) is 0 Å². The third kappa shape index (κ3) is 5.19. The number of nitrogens with one attached hydrogen (secondary N) is 2. The van der Waals surface area contributed by atoms with Gasteiger partial charge in [0.1, 0.15) is 0 Å². The molecule has 3 rings (SSSR count). The van der Waals surface area contributed by atoms with Gasteiger partial charge < -0.3 is 10.6 Å². The Balaban J connectivity index is 1.68. The lowest BCUT2D eigenvalue weighted by Crippen LogP contribution is -2.14. The van der Waals surface area contributed by atoms with Crippen LogP contribution in [-0.4, -0.2) is 15.9 Å². The molecule has 0 bridgehead atoms. The zero-order valence-corrected chi connectivity index (χ0v) is 17.7. The van der Waals surface area contributed by atoms with Crippen molar-refractivity contribution in [2.24, 2.45) is 0 Å². The normalized spacial score (nSPS) is 11.4. The van der Waals surface area contributed by atoms with Gasteiger partial charge in [0, 0.05) is 23.8 Å². The van der Waals surface area contributed by atoms with Gasteiger partial charge in [0.2, 0.25) is 5.95 Å². The molecule has 0 fully saturated rings. The number of hydrogen-bond acceptors (Lipinski definition) is 4. The third-order valence-electron chi connectivity index (χ3n) is 4.75. The van der Waals surface area contributed by atoms with E-state index in [1.54, 1.807) is 0 Å². The van der Waals surface area contributed by atoms with E-state index in [-0.39, 0.29) is 11.3 Å². The van der Waals surface area contributed by atoms with Crippen LogP contribution in [-0.2, 0) is 5.41 Å². The van der Waals surface area contributed by atoms with E-state index in [9.17, 15) is 4.79 Å². The van der Waals surface area contributed by atoms with Gasteiger partial charge in [-0.25, -0.2) is 9.97 Å². The van der Waals surface area contributed by atoms with Gasteiger partial charge in [0.05, 0.1) is 5.56 Å². The van der Waals surface area contributed by atoms with Crippen molar-refractivity contribution in [1.82, 2.24) is 9.97 Å². The van der Waals surface area contributed by atoms with E-state index in [0.29, 0.717) is 17.4 Å². The Hall–Kier alpha value is -3.21. The highest BCUT2D eigenvalue weighted by Crippen LogP contribution is 2.25. The van der Waals surface area contributed by atoms with Crippen LogP contribution in [0.1, 0.15) is 62.0 Å². The average molecular weight is 389 g/mol. The van der Waals surface area contributed by atoms with Gasteiger partial charge >= 0.3 is 0 Å². The summed E-state index contributed by atoms with van der Waals surface area (Å²) in [5.74, 6) is 0.547. The van der Waals surface area contributed by atoms with Crippen LogP contribution in [0.15, 0.2) is 60.9 Å². The zero-order valence-electron chi connectivity index (χ0n) is 17.7. The molecule has 1 aromatic heterocycles. The summed E-state index contributed by atoms with van der Waals surface area (Å²) < 4.78 is 0. The van der Waals surface area contributed by atoms with E-state index in [4.69, 9.17) is 0 Å². The summed E-state index contributed by atoms with van der Waals surface area (Å²) >= 11 is 0. The highest BCUT2D eigenvalue weighted by atomic mass is 16.1. The second kappa shape index (κ2) is 8.43. The number of benzene rings is 2. The molecule has 3 aromatic rings. The summed E-state index contributed by atoms with van der Waals surface area (Å²) in [6, 6.07) is 16.0. The van der Waals surface area contributed by atoms with E-state index in [1.165, 1.54) is 18.0 Å². The third-order valence-corrected chi connectivity index (χ3v) is 4.75. The maximum atomic E-state index is 12.6. The lowest BCUT2D eigenvalue weighted by Gasteiger charge is -2.19. The average Bonchev–Trinajstić information content (AvgIpc) is 2.68. The van der Waals surface area contributed by atoms with Crippen LogP contribution >= 0.6 is 0 Å². The zero-order chi connectivity index (χ0) is 21.0. The summed E-state index contributed by atoms with van der Waals surface area (Å²) in [6.45, 7) is 10.7. The second-order valence-corrected chi connectivity index (χ2v) is 8.44. The van der Waals surface area contributed by atoms with Gasteiger partial charge in [-0.1, -0.05) is 65.0 Å². The SMILES string of the molecule is CC(C)c1ccccc1NC(=O)c1cnc(Nc2ccc(C(C)(C)C)cc2)nc1. The largest absolute Gasteiger partial charge is 0.324 e. The van der Waals surface area contributed by atoms with E-state index < -0.39 is 0 Å². The Morgan fingerprint density at radius 2 is 1.55 bits per heavy atom. The molecule has 5 heteroatoms. The summed E-state index contributed by atoms with van der Waals surface area (Å²) in [6.07, 6.45) is 3.07. The fourth-order valence-corrected chi connectivity index (χ4v) is 3.00. The lowest BCUT2D eigenvalue weighted by atomic mass is 9.87. The number of hydrogen-bond donors (Lipinski definition) is 2. The molecule has 150 valence electrons. The molecule has 0 saturated heterocycles. The Kier molecular flexibility index (Phi) is 5.97. The van der Waals surface area contributed by atoms with Crippen molar-refractivity contribution in [3.8, 4) is 0 Å². The molecule has 1 heterocycles. The van der Waals surface area contributed by atoms with Crippen molar-refractivity contribution in [1.29, 1.82) is 0 Å². The molecule has 2 aromatic carbocycles. The first kappa shape index (κ1) is 20.5.